The first-order valence-electron chi connectivity index (χ1n) is 4.77. The predicted octanol–water partition coefficient (Wildman–Crippen LogP) is 1.08. The number of alkyl carbamates (subject to hydrolysis) is 1. The molecule has 14 heavy (non-hydrogen) atoms. The highest BCUT2D eigenvalue weighted by Gasteiger charge is 2.05. The number of carbonyl (C=O) groups is 2. The second kappa shape index (κ2) is 8.34. The second-order valence-electron chi connectivity index (χ2n) is 2.71. The van der Waals surface area contributed by atoms with Gasteiger partial charge in [-0.05, 0) is 12.8 Å². The zero-order valence-electron chi connectivity index (χ0n) is 8.67. The molecule has 0 aromatic heterocycles. The molecule has 0 unspecified atom stereocenters. The standard InChI is InChI=1S/C9H17NO4/c1-3-5-13-8(11)7-10-9(12)14-6-4-2/h3-7H2,1-2H3,(H,10,12). The molecule has 0 atom stereocenters. The van der Waals surface area contributed by atoms with E-state index >= 15 is 0 Å². The van der Waals surface area contributed by atoms with Gasteiger partial charge in [0, 0.05) is 0 Å². The average Bonchev–Trinajstić information content (AvgIpc) is 2.20. The Morgan fingerprint density at radius 2 is 1.64 bits per heavy atom. The Labute approximate surface area is 83.8 Å². The van der Waals surface area contributed by atoms with E-state index in [4.69, 9.17) is 4.74 Å². The lowest BCUT2D eigenvalue weighted by molar-refractivity contribution is -0.142. The average molecular weight is 203 g/mol. The van der Waals surface area contributed by atoms with E-state index in [-0.39, 0.29) is 6.54 Å². The summed E-state index contributed by atoms with van der Waals surface area (Å²) in [6.07, 6.45) is 0.944. The van der Waals surface area contributed by atoms with Gasteiger partial charge in [-0.3, -0.25) is 4.79 Å². The summed E-state index contributed by atoms with van der Waals surface area (Å²) in [4.78, 5) is 21.7. The molecule has 0 aliphatic carbocycles. The molecule has 0 aliphatic heterocycles. The quantitative estimate of drug-likeness (QED) is 0.656. The highest BCUT2D eigenvalue weighted by atomic mass is 16.6. The molecule has 82 valence electrons. The number of hydrogen-bond donors (Lipinski definition) is 1. The summed E-state index contributed by atoms with van der Waals surface area (Å²) < 4.78 is 9.43. The third kappa shape index (κ3) is 7.39. The molecule has 0 bridgehead atoms. The van der Waals surface area contributed by atoms with E-state index in [0.717, 1.165) is 12.8 Å². The van der Waals surface area contributed by atoms with Gasteiger partial charge in [-0.2, -0.15) is 0 Å². The van der Waals surface area contributed by atoms with Crippen LogP contribution in [0.25, 0.3) is 0 Å². The fraction of sp³-hybridized carbons (Fsp3) is 0.778. The van der Waals surface area contributed by atoms with Gasteiger partial charge in [0.25, 0.3) is 0 Å². The van der Waals surface area contributed by atoms with Crippen molar-refractivity contribution >= 4 is 12.1 Å². The molecule has 5 nitrogen and oxygen atoms in total. The Hall–Kier alpha value is -1.26. The summed E-state index contributed by atoms with van der Waals surface area (Å²) in [5.41, 5.74) is 0. The molecule has 0 aliphatic rings. The van der Waals surface area contributed by atoms with Crippen molar-refractivity contribution in [1.29, 1.82) is 0 Å². The molecule has 0 heterocycles. The summed E-state index contributed by atoms with van der Waals surface area (Å²) in [7, 11) is 0. The van der Waals surface area contributed by atoms with Crippen LogP contribution < -0.4 is 5.32 Å². The summed E-state index contributed by atoms with van der Waals surface area (Å²) in [5, 5.41) is 2.29. The van der Waals surface area contributed by atoms with Crippen molar-refractivity contribution in [2.24, 2.45) is 0 Å². The number of rotatable bonds is 6. The topological polar surface area (TPSA) is 64.6 Å². The number of esters is 1. The third-order valence-electron chi connectivity index (χ3n) is 1.28. The zero-order valence-corrected chi connectivity index (χ0v) is 8.67. The minimum atomic E-state index is -0.583. The highest BCUT2D eigenvalue weighted by molar-refractivity contribution is 5.77. The first-order chi connectivity index (χ1) is 6.70. The van der Waals surface area contributed by atoms with Crippen molar-refractivity contribution in [1.82, 2.24) is 5.32 Å². The Bertz CT molecular complexity index is 162. The number of amides is 1. The van der Waals surface area contributed by atoms with Crippen LogP contribution in [0.15, 0.2) is 0 Å². The summed E-state index contributed by atoms with van der Waals surface area (Å²) >= 11 is 0. The maximum Gasteiger partial charge on any atom is 0.407 e. The highest BCUT2D eigenvalue weighted by Crippen LogP contribution is 1.84. The summed E-state index contributed by atoms with van der Waals surface area (Å²) in [6.45, 7) is 4.39. The Morgan fingerprint density at radius 1 is 1.07 bits per heavy atom. The minimum absolute atomic E-state index is 0.136. The van der Waals surface area contributed by atoms with Gasteiger partial charge < -0.3 is 14.8 Å². The van der Waals surface area contributed by atoms with Gasteiger partial charge >= 0.3 is 12.1 Å². The molecular formula is C9H17NO4. The smallest absolute Gasteiger partial charge is 0.407 e. The van der Waals surface area contributed by atoms with Crippen LogP contribution in [0.2, 0.25) is 0 Å². The lowest BCUT2D eigenvalue weighted by Gasteiger charge is -2.05. The first-order valence-corrected chi connectivity index (χ1v) is 4.77. The van der Waals surface area contributed by atoms with Crippen LogP contribution in [0.5, 0.6) is 0 Å². The van der Waals surface area contributed by atoms with Crippen LogP contribution in [0.1, 0.15) is 26.7 Å². The van der Waals surface area contributed by atoms with Crippen molar-refractivity contribution in [2.75, 3.05) is 19.8 Å². The fourth-order valence-electron chi connectivity index (χ4n) is 0.657. The van der Waals surface area contributed by atoms with Crippen LogP contribution in [0.3, 0.4) is 0 Å². The predicted molar refractivity (Wildman–Crippen MR) is 50.9 cm³/mol. The van der Waals surface area contributed by atoms with Crippen LogP contribution in [-0.4, -0.2) is 31.8 Å². The maximum absolute atomic E-state index is 10.9. The lowest BCUT2D eigenvalue weighted by atomic mass is 10.5. The largest absolute Gasteiger partial charge is 0.464 e. The van der Waals surface area contributed by atoms with Gasteiger partial charge in [-0.15, -0.1) is 0 Å². The van der Waals surface area contributed by atoms with E-state index in [1.54, 1.807) is 0 Å². The summed E-state index contributed by atoms with van der Waals surface area (Å²) in [6, 6.07) is 0. The van der Waals surface area contributed by atoms with E-state index in [1.807, 2.05) is 13.8 Å². The van der Waals surface area contributed by atoms with Crippen LogP contribution >= 0.6 is 0 Å². The third-order valence-corrected chi connectivity index (χ3v) is 1.28. The van der Waals surface area contributed by atoms with Crippen LogP contribution in [0.4, 0.5) is 4.79 Å². The number of ether oxygens (including phenoxy) is 2. The molecule has 0 rings (SSSR count). The number of hydrogen-bond acceptors (Lipinski definition) is 4. The van der Waals surface area contributed by atoms with Crippen molar-refractivity contribution in [3.05, 3.63) is 0 Å². The van der Waals surface area contributed by atoms with E-state index in [9.17, 15) is 9.59 Å². The number of nitrogens with one attached hydrogen (secondary N) is 1. The molecule has 1 N–H and O–H groups in total. The molecule has 0 saturated heterocycles. The summed E-state index contributed by atoms with van der Waals surface area (Å²) in [5.74, 6) is -0.444. The normalized spacial score (nSPS) is 9.29. The van der Waals surface area contributed by atoms with E-state index in [1.165, 1.54) is 0 Å². The van der Waals surface area contributed by atoms with Crippen molar-refractivity contribution < 1.29 is 19.1 Å². The van der Waals surface area contributed by atoms with Gasteiger partial charge in [-0.1, -0.05) is 13.8 Å². The molecule has 0 fully saturated rings. The Balaban J connectivity index is 3.41. The monoisotopic (exact) mass is 203 g/mol. The van der Waals surface area contributed by atoms with Gasteiger partial charge in [0.15, 0.2) is 0 Å². The minimum Gasteiger partial charge on any atom is -0.464 e. The number of carbonyl (C=O) groups excluding carboxylic acids is 2. The first kappa shape index (κ1) is 12.7. The molecule has 0 saturated carbocycles. The van der Waals surface area contributed by atoms with E-state index in [0.29, 0.717) is 13.2 Å². The van der Waals surface area contributed by atoms with E-state index in [2.05, 4.69) is 10.1 Å². The van der Waals surface area contributed by atoms with Gasteiger partial charge in [0.05, 0.1) is 13.2 Å². The lowest BCUT2D eigenvalue weighted by Crippen LogP contribution is -2.31. The van der Waals surface area contributed by atoms with Gasteiger partial charge in [0.1, 0.15) is 6.54 Å². The zero-order chi connectivity index (χ0) is 10.8. The molecular weight excluding hydrogens is 186 g/mol. The fourth-order valence-corrected chi connectivity index (χ4v) is 0.657. The van der Waals surface area contributed by atoms with E-state index < -0.39 is 12.1 Å². The molecule has 0 aromatic carbocycles. The SMILES string of the molecule is CCCOC(=O)CNC(=O)OCCC. The molecule has 1 amide bonds. The second-order valence-corrected chi connectivity index (χ2v) is 2.71. The molecule has 0 spiro atoms. The van der Waals surface area contributed by atoms with Gasteiger partial charge in [0.2, 0.25) is 0 Å². The molecule has 0 aromatic rings. The van der Waals surface area contributed by atoms with Crippen LogP contribution in [0, 0.1) is 0 Å². The maximum atomic E-state index is 10.9. The van der Waals surface area contributed by atoms with Gasteiger partial charge in [-0.25, -0.2) is 4.79 Å². The molecule has 5 heteroatoms. The Kier molecular flexibility index (Phi) is 7.59. The van der Waals surface area contributed by atoms with Crippen LogP contribution in [-0.2, 0) is 14.3 Å². The molecule has 0 radical (unpaired) electrons. The Morgan fingerprint density at radius 3 is 2.21 bits per heavy atom. The van der Waals surface area contributed by atoms with Crippen molar-refractivity contribution in [3.63, 3.8) is 0 Å². The van der Waals surface area contributed by atoms with Crippen molar-refractivity contribution in [3.8, 4) is 0 Å². The van der Waals surface area contributed by atoms with Crippen molar-refractivity contribution in [2.45, 2.75) is 26.7 Å².